The third kappa shape index (κ3) is 5.25. The summed E-state index contributed by atoms with van der Waals surface area (Å²) in [5.74, 6) is 0.992. The van der Waals surface area contributed by atoms with Gasteiger partial charge in [0.15, 0.2) is 11.0 Å². The largest absolute Gasteiger partial charge is 0.355 e. The zero-order valence-electron chi connectivity index (χ0n) is 15.0. The van der Waals surface area contributed by atoms with Crippen molar-refractivity contribution < 1.29 is 4.79 Å². The van der Waals surface area contributed by atoms with Gasteiger partial charge in [-0.25, -0.2) is 0 Å². The summed E-state index contributed by atoms with van der Waals surface area (Å²) in [7, 11) is 0. The third-order valence-electron chi connectivity index (χ3n) is 3.54. The number of rotatable bonds is 8. The lowest BCUT2D eigenvalue weighted by atomic mass is 10.2. The number of nitrogens with one attached hydrogen (secondary N) is 1. The first-order valence-corrected chi connectivity index (χ1v) is 9.91. The van der Waals surface area contributed by atoms with Crippen LogP contribution < -0.4 is 5.32 Å². The molecular weight excluding hydrogens is 391 g/mol. The van der Waals surface area contributed by atoms with Gasteiger partial charge in [0.2, 0.25) is 5.91 Å². The standard InChI is InChI=1S/C18H22Cl2N4OS/c1-5-8-24-16(14-7-6-13(19)9-15(14)20)22-23-18(24)26-12(4)17(25)21-10-11(2)3/h5-7,9,11-12H,1,8,10H2,2-4H3,(H,21,25)/t12-/m1/s1. The Morgan fingerprint density at radius 3 is 2.69 bits per heavy atom. The molecule has 26 heavy (non-hydrogen) atoms. The molecule has 0 saturated heterocycles. The molecule has 1 aromatic heterocycles. The summed E-state index contributed by atoms with van der Waals surface area (Å²) in [6.07, 6.45) is 1.75. The summed E-state index contributed by atoms with van der Waals surface area (Å²) < 4.78 is 1.89. The fourth-order valence-electron chi connectivity index (χ4n) is 2.20. The van der Waals surface area contributed by atoms with Gasteiger partial charge >= 0.3 is 0 Å². The van der Waals surface area contributed by atoms with Crippen LogP contribution in [-0.4, -0.2) is 32.5 Å². The summed E-state index contributed by atoms with van der Waals surface area (Å²) >= 11 is 13.6. The maximum Gasteiger partial charge on any atom is 0.233 e. The van der Waals surface area contributed by atoms with Crippen molar-refractivity contribution in [2.75, 3.05) is 6.54 Å². The Kier molecular flexibility index (Phi) is 7.55. The van der Waals surface area contributed by atoms with Crippen LogP contribution in [0.3, 0.4) is 0 Å². The second-order valence-corrected chi connectivity index (χ2v) is 8.38. The highest BCUT2D eigenvalue weighted by Gasteiger charge is 2.21. The Hall–Kier alpha value is -1.50. The quantitative estimate of drug-likeness (QED) is 0.504. The number of hydrogen-bond donors (Lipinski definition) is 1. The highest BCUT2D eigenvalue weighted by Crippen LogP contribution is 2.32. The first-order chi connectivity index (χ1) is 12.3. The van der Waals surface area contributed by atoms with Gasteiger partial charge in [-0.15, -0.1) is 16.8 Å². The lowest BCUT2D eigenvalue weighted by Gasteiger charge is -2.14. The molecular formula is C18H22Cl2N4OS. The molecule has 1 aromatic carbocycles. The van der Waals surface area contributed by atoms with Crippen LogP contribution in [0.5, 0.6) is 0 Å². The van der Waals surface area contributed by atoms with Gasteiger partial charge in [0.1, 0.15) is 0 Å². The van der Waals surface area contributed by atoms with Gasteiger partial charge in [-0.3, -0.25) is 9.36 Å². The average molecular weight is 413 g/mol. The van der Waals surface area contributed by atoms with E-state index < -0.39 is 0 Å². The zero-order chi connectivity index (χ0) is 19.3. The van der Waals surface area contributed by atoms with E-state index >= 15 is 0 Å². The molecule has 5 nitrogen and oxygen atoms in total. The van der Waals surface area contributed by atoms with E-state index in [1.54, 1.807) is 18.2 Å². The number of hydrogen-bond acceptors (Lipinski definition) is 4. The van der Waals surface area contributed by atoms with E-state index in [1.165, 1.54) is 11.8 Å². The molecule has 0 aliphatic heterocycles. The number of allylic oxidation sites excluding steroid dienone is 1. The van der Waals surface area contributed by atoms with Crippen molar-refractivity contribution in [2.24, 2.45) is 5.92 Å². The van der Waals surface area contributed by atoms with Crippen LogP contribution in [0.4, 0.5) is 0 Å². The summed E-state index contributed by atoms with van der Waals surface area (Å²) in [6, 6.07) is 5.23. The summed E-state index contributed by atoms with van der Waals surface area (Å²) in [5, 5.41) is 12.8. The molecule has 0 bridgehead atoms. The molecule has 0 fully saturated rings. The van der Waals surface area contributed by atoms with E-state index in [-0.39, 0.29) is 11.2 Å². The van der Waals surface area contributed by atoms with Gasteiger partial charge in [0.25, 0.3) is 0 Å². The molecule has 0 saturated carbocycles. The normalized spacial score (nSPS) is 12.2. The first-order valence-electron chi connectivity index (χ1n) is 8.27. The number of halogens is 2. The van der Waals surface area contributed by atoms with Crippen molar-refractivity contribution in [3.8, 4) is 11.4 Å². The van der Waals surface area contributed by atoms with Gasteiger partial charge in [0.05, 0.1) is 10.3 Å². The van der Waals surface area contributed by atoms with Crippen molar-refractivity contribution in [1.82, 2.24) is 20.1 Å². The van der Waals surface area contributed by atoms with Crippen molar-refractivity contribution in [3.63, 3.8) is 0 Å². The minimum absolute atomic E-state index is 0.0251. The van der Waals surface area contributed by atoms with E-state index in [2.05, 4.69) is 35.9 Å². The molecule has 1 amide bonds. The van der Waals surface area contributed by atoms with E-state index in [0.29, 0.717) is 40.0 Å². The van der Waals surface area contributed by atoms with Crippen LogP contribution in [0, 0.1) is 5.92 Å². The number of aromatic nitrogens is 3. The molecule has 0 aliphatic carbocycles. The Bertz CT molecular complexity index is 791. The van der Waals surface area contributed by atoms with E-state index in [1.807, 2.05) is 17.6 Å². The number of thioether (sulfide) groups is 1. The second-order valence-electron chi connectivity index (χ2n) is 6.23. The van der Waals surface area contributed by atoms with Crippen molar-refractivity contribution in [2.45, 2.75) is 37.7 Å². The summed E-state index contributed by atoms with van der Waals surface area (Å²) in [5.41, 5.74) is 0.731. The predicted octanol–water partition coefficient (Wildman–Crippen LogP) is 4.69. The topological polar surface area (TPSA) is 59.8 Å². The van der Waals surface area contributed by atoms with Crippen LogP contribution in [0.15, 0.2) is 36.0 Å². The molecule has 1 N–H and O–H groups in total. The van der Waals surface area contributed by atoms with Crippen LogP contribution in [0.25, 0.3) is 11.4 Å². The fraction of sp³-hybridized carbons (Fsp3) is 0.389. The Balaban J connectivity index is 2.26. The molecule has 140 valence electrons. The molecule has 0 spiro atoms. The minimum Gasteiger partial charge on any atom is -0.355 e. The maximum absolute atomic E-state index is 12.2. The fourth-order valence-corrected chi connectivity index (χ4v) is 3.58. The lowest BCUT2D eigenvalue weighted by molar-refractivity contribution is -0.120. The number of nitrogens with zero attached hydrogens (tertiary/aromatic N) is 3. The minimum atomic E-state index is -0.296. The number of amides is 1. The van der Waals surface area contributed by atoms with Gasteiger partial charge in [0, 0.05) is 23.7 Å². The van der Waals surface area contributed by atoms with Crippen LogP contribution in [-0.2, 0) is 11.3 Å². The molecule has 1 heterocycles. The molecule has 8 heteroatoms. The van der Waals surface area contributed by atoms with E-state index in [9.17, 15) is 4.79 Å². The van der Waals surface area contributed by atoms with Crippen molar-refractivity contribution in [1.29, 1.82) is 0 Å². The SMILES string of the molecule is C=CCn1c(S[C@H](C)C(=O)NCC(C)C)nnc1-c1ccc(Cl)cc1Cl. The smallest absolute Gasteiger partial charge is 0.233 e. The number of carbonyl (C=O) groups excluding carboxylic acids is 1. The molecule has 0 aliphatic rings. The number of benzene rings is 1. The second kappa shape index (κ2) is 9.44. The molecule has 0 radical (unpaired) electrons. The zero-order valence-corrected chi connectivity index (χ0v) is 17.3. The number of carbonyl (C=O) groups is 1. The van der Waals surface area contributed by atoms with Crippen molar-refractivity contribution in [3.05, 3.63) is 40.9 Å². The molecule has 0 unspecified atom stereocenters. The Labute approximate surface area is 168 Å². The van der Waals surface area contributed by atoms with E-state index in [4.69, 9.17) is 23.2 Å². The highest BCUT2D eigenvalue weighted by molar-refractivity contribution is 8.00. The molecule has 1 atom stereocenters. The average Bonchev–Trinajstić information content (AvgIpc) is 2.95. The Morgan fingerprint density at radius 1 is 1.35 bits per heavy atom. The first kappa shape index (κ1) is 20.8. The monoisotopic (exact) mass is 412 g/mol. The Morgan fingerprint density at radius 2 is 2.08 bits per heavy atom. The third-order valence-corrected chi connectivity index (χ3v) is 5.16. The molecule has 2 aromatic rings. The maximum atomic E-state index is 12.2. The van der Waals surface area contributed by atoms with Crippen LogP contribution in [0.2, 0.25) is 10.0 Å². The predicted molar refractivity (Wildman–Crippen MR) is 109 cm³/mol. The van der Waals surface area contributed by atoms with Gasteiger partial charge in [-0.2, -0.15) is 0 Å². The van der Waals surface area contributed by atoms with Gasteiger partial charge in [-0.1, -0.05) is 54.9 Å². The van der Waals surface area contributed by atoms with Gasteiger partial charge < -0.3 is 5.32 Å². The lowest BCUT2D eigenvalue weighted by Crippen LogP contribution is -2.33. The van der Waals surface area contributed by atoms with Gasteiger partial charge in [-0.05, 0) is 31.0 Å². The summed E-state index contributed by atoms with van der Waals surface area (Å²) in [4.78, 5) is 12.2. The highest BCUT2D eigenvalue weighted by atomic mass is 35.5. The van der Waals surface area contributed by atoms with E-state index in [0.717, 1.165) is 5.56 Å². The molecule has 2 rings (SSSR count). The van der Waals surface area contributed by atoms with Crippen molar-refractivity contribution >= 4 is 40.9 Å². The summed E-state index contributed by atoms with van der Waals surface area (Å²) in [6.45, 7) is 10.9. The van der Waals surface area contributed by atoms with Crippen LogP contribution >= 0.6 is 35.0 Å². The van der Waals surface area contributed by atoms with Crippen LogP contribution in [0.1, 0.15) is 20.8 Å².